The number of aryl methyl sites for hydroxylation is 1. The van der Waals surface area contributed by atoms with Gasteiger partial charge in [0, 0.05) is 22.9 Å². The lowest BCUT2D eigenvalue weighted by molar-refractivity contribution is -0.156. The number of Topliss-reactive ketones (excluding diaryl/α,β-unsaturated/α-hetero) is 1. The van der Waals surface area contributed by atoms with Gasteiger partial charge < -0.3 is 10.1 Å². The molecule has 1 saturated carbocycles. The van der Waals surface area contributed by atoms with E-state index in [0.29, 0.717) is 10.4 Å². The van der Waals surface area contributed by atoms with Gasteiger partial charge in [-0.25, -0.2) is 0 Å². The molecule has 1 aliphatic carbocycles. The topological polar surface area (TPSA) is 72.5 Å². The van der Waals surface area contributed by atoms with Gasteiger partial charge in [-0.15, -0.1) is 11.3 Å². The van der Waals surface area contributed by atoms with Crippen LogP contribution < -0.4 is 5.32 Å². The minimum Gasteiger partial charge on any atom is -0.447 e. The molecule has 0 aliphatic heterocycles. The Labute approximate surface area is 156 Å². The number of carbonyl (C=O) groups excluding carboxylic acids is 3. The second-order valence-corrected chi connectivity index (χ2v) is 7.68. The fourth-order valence-electron chi connectivity index (χ4n) is 2.52. The Bertz CT molecular complexity index is 795. The normalized spacial score (nSPS) is 14.5. The Morgan fingerprint density at radius 1 is 1.12 bits per heavy atom. The number of hydrogen-bond donors (Lipinski definition) is 1. The molecule has 1 fully saturated rings. The number of nitrogens with one attached hydrogen (secondary N) is 1. The molecule has 1 atom stereocenters. The van der Waals surface area contributed by atoms with Gasteiger partial charge >= 0.3 is 5.97 Å². The molecule has 1 N–H and O–H groups in total. The molecular formula is C20H21NO4S. The first-order valence-electron chi connectivity index (χ1n) is 8.67. The van der Waals surface area contributed by atoms with E-state index in [2.05, 4.69) is 5.32 Å². The van der Waals surface area contributed by atoms with Gasteiger partial charge in [-0.2, -0.15) is 0 Å². The highest BCUT2D eigenvalue weighted by atomic mass is 32.1. The first-order valence-corrected chi connectivity index (χ1v) is 9.49. The monoisotopic (exact) mass is 371 g/mol. The van der Waals surface area contributed by atoms with Crippen LogP contribution in [0.3, 0.4) is 0 Å². The van der Waals surface area contributed by atoms with E-state index in [1.54, 1.807) is 30.3 Å². The third-order valence-electron chi connectivity index (χ3n) is 4.08. The van der Waals surface area contributed by atoms with Gasteiger partial charge in [0.1, 0.15) is 0 Å². The van der Waals surface area contributed by atoms with Crippen molar-refractivity contribution >= 4 is 29.0 Å². The number of amides is 1. The predicted molar refractivity (Wildman–Crippen MR) is 99.1 cm³/mol. The predicted octanol–water partition coefficient (Wildman–Crippen LogP) is 3.58. The molecule has 0 saturated heterocycles. The quantitative estimate of drug-likeness (QED) is 0.569. The molecule has 0 bridgehead atoms. The standard InChI is InChI=1S/C20H21NO4S/c1-13-7-11-17(26-13)16(22)10-12-18(23)25-19(14-5-3-2-4-6-14)20(24)21-15-8-9-15/h2-7,11,15,19H,8-10,12H2,1H3,(H,21,24)/t19-/m0/s1. The van der Waals surface area contributed by atoms with Gasteiger partial charge in [0.25, 0.3) is 5.91 Å². The molecule has 136 valence electrons. The summed E-state index contributed by atoms with van der Waals surface area (Å²) in [4.78, 5) is 38.5. The van der Waals surface area contributed by atoms with Crippen molar-refractivity contribution in [3.05, 3.63) is 57.8 Å². The van der Waals surface area contributed by atoms with Crippen molar-refractivity contribution < 1.29 is 19.1 Å². The molecule has 1 aromatic carbocycles. The van der Waals surface area contributed by atoms with E-state index in [0.717, 1.165) is 17.7 Å². The maximum absolute atomic E-state index is 12.4. The second-order valence-electron chi connectivity index (χ2n) is 6.40. The van der Waals surface area contributed by atoms with Crippen molar-refractivity contribution in [3.63, 3.8) is 0 Å². The summed E-state index contributed by atoms with van der Waals surface area (Å²) < 4.78 is 5.42. The minimum absolute atomic E-state index is 0.0458. The first-order chi connectivity index (χ1) is 12.5. The molecule has 6 heteroatoms. The zero-order valence-electron chi connectivity index (χ0n) is 14.6. The van der Waals surface area contributed by atoms with Crippen LogP contribution in [-0.4, -0.2) is 23.7 Å². The molecule has 0 radical (unpaired) electrons. The number of esters is 1. The zero-order valence-corrected chi connectivity index (χ0v) is 15.4. The average Bonchev–Trinajstić information content (AvgIpc) is 3.35. The van der Waals surface area contributed by atoms with Crippen molar-refractivity contribution in [2.24, 2.45) is 0 Å². The average molecular weight is 371 g/mol. The van der Waals surface area contributed by atoms with Crippen LogP contribution in [0.25, 0.3) is 0 Å². The molecule has 2 aromatic rings. The van der Waals surface area contributed by atoms with Crippen LogP contribution in [0.2, 0.25) is 0 Å². The fraction of sp³-hybridized carbons (Fsp3) is 0.350. The summed E-state index contributed by atoms with van der Waals surface area (Å²) in [6, 6.07) is 12.8. The number of ketones is 1. The van der Waals surface area contributed by atoms with E-state index in [-0.39, 0.29) is 30.6 Å². The Hall–Kier alpha value is -2.47. The highest BCUT2D eigenvalue weighted by molar-refractivity contribution is 7.14. The van der Waals surface area contributed by atoms with Gasteiger partial charge in [0.2, 0.25) is 6.10 Å². The fourth-order valence-corrected chi connectivity index (χ4v) is 3.35. The molecule has 3 rings (SSSR count). The highest BCUT2D eigenvalue weighted by Crippen LogP contribution is 2.24. The van der Waals surface area contributed by atoms with Crippen LogP contribution in [0.4, 0.5) is 0 Å². The van der Waals surface area contributed by atoms with E-state index in [9.17, 15) is 14.4 Å². The molecule has 1 amide bonds. The van der Waals surface area contributed by atoms with E-state index >= 15 is 0 Å². The summed E-state index contributed by atoms with van der Waals surface area (Å²) >= 11 is 1.41. The van der Waals surface area contributed by atoms with E-state index < -0.39 is 12.1 Å². The Balaban J connectivity index is 1.59. The Morgan fingerprint density at radius 2 is 1.85 bits per heavy atom. The van der Waals surface area contributed by atoms with Crippen LogP contribution in [0.5, 0.6) is 0 Å². The number of rotatable bonds is 8. The van der Waals surface area contributed by atoms with Crippen molar-refractivity contribution in [1.29, 1.82) is 0 Å². The van der Waals surface area contributed by atoms with Crippen LogP contribution in [0.15, 0.2) is 42.5 Å². The van der Waals surface area contributed by atoms with Crippen molar-refractivity contribution in [3.8, 4) is 0 Å². The number of benzene rings is 1. The Kier molecular flexibility index (Phi) is 5.83. The van der Waals surface area contributed by atoms with E-state index in [1.807, 2.05) is 19.1 Å². The zero-order chi connectivity index (χ0) is 18.5. The minimum atomic E-state index is -0.983. The van der Waals surface area contributed by atoms with Gasteiger partial charge in [-0.3, -0.25) is 14.4 Å². The lowest BCUT2D eigenvalue weighted by atomic mass is 10.1. The molecule has 1 aromatic heterocycles. The lowest BCUT2D eigenvalue weighted by Gasteiger charge is -2.18. The van der Waals surface area contributed by atoms with Gasteiger partial charge in [0.05, 0.1) is 11.3 Å². The highest BCUT2D eigenvalue weighted by Gasteiger charge is 2.30. The van der Waals surface area contributed by atoms with Crippen molar-refractivity contribution in [2.75, 3.05) is 0 Å². The molecule has 1 aliphatic rings. The van der Waals surface area contributed by atoms with Crippen LogP contribution in [0, 0.1) is 6.92 Å². The molecule has 0 unspecified atom stereocenters. The first kappa shape index (κ1) is 18.3. The number of ether oxygens (including phenoxy) is 1. The molecule has 26 heavy (non-hydrogen) atoms. The third kappa shape index (κ3) is 5.02. The SMILES string of the molecule is Cc1ccc(C(=O)CCC(=O)O[C@H](C(=O)NC2CC2)c2ccccc2)s1. The Morgan fingerprint density at radius 3 is 2.46 bits per heavy atom. The smallest absolute Gasteiger partial charge is 0.307 e. The maximum Gasteiger partial charge on any atom is 0.307 e. The molecule has 0 spiro atoms. The summed E-state index contributed by atoms with van der Waals surface area (Å²) in [7, 11) is 0. The molecule has 1 heterocycles. The maximum atomic E-state index is 12.4. The summed E-state index contributed by atoms with van der Waals surface area (Å²) in [5, 5.41) is 2.87. The number of thiophene rings is 1. The van der Waals surface area contributed by atoms with Crippen molar-refractivity contribution in [1.82, 2.24) is 5.32 Å². The van der Waals surface area contributed by atoms with Crippen LogP contribution in [0.1, 0.15) is 51.9 Å². The molecule has 5 nitrogen and oxygen atoms in total. The largest absolute Gasteiger partial charge is 0.447 e. The number of hydrogen-bond acceptors (Lipinski definition) is 5. The summed E-state index contributed by atoms with van der Waals surface area (Å²) in [5.74, 6) is -0.947. The van der Waals surface area contributed by atoms with Crippen LogP contribution >= 0.6 is 11.3 Å². The summed E-state index contributed by atoms with van der Waals surface area (Å²) in [6.07, 6.45) is 0.954. The van der Waals surface area contributed by atoms with Gasteiger partial charge in [-0.05, 0) is 31.9 Å². The molecular weight excluding hydrogens is 350 g/mol. The van der Waals surface area contributed by atoms with Crippen LogP contribution in [-0.2, 0) is 14.3 Å². The number of carbonyl (C=O) groups is 3. The summed E-state index contributed by atoms with van der Waals surface area (Å²) in [6.45, 7) is 1.93. The second kappa shape index (κ2) is 8.27. The third-order valence-corrected chi connectivity index (χ3v) is 5.13. The lowest BCUT2D eigenvalue weighted by Crippen LogP contribution is -2.33. The van der Waals surface area contributed by atoms with Gasteiger partial charge in [0.15, 0.2) is 5.78 Å². The van der Waals surface area contributed by atoms with E-state index in [1.165, 1.54) is 11.3 Å². The van der Waals surface area contributed by atoms with Crippen molar-refractivity contribution in [2.45, 2.75) is 44.8 Å². The summed E-state index contributed by atoms with van der Waals surface area (Å²) in [5.41, 5.74) is 0.624. The van der Waals surface area contributed by atoms with E-state index in [4.69, 9.17) is 4.74 Å². The van der Waals surface area contributed by atoms with Gasteiger partial charge in [-0.1, -0.05) is 30.3 Å².